The third-order valence-corrected chi connectivity index (χ3v) is 5.49. The van der Waals surface area contributed by atoms with E-state index in [1.54, 1.807) is 0 Å². The molecule has 0 aliphatic heterocycles. The van der Waals surface area contributed by atoms with Crippen molar-refractivity contribution in [2.75, 3.05) is 19.6 Å². The van der Waals surface area contributed by atoms with Gasteiger partial charge in [-0.2, -0.15) is 0 Å². The van der Waals surface area contributed by atoms with Gasteiger partial charge in [-0.25, -0.2) is 0 Å². The zero-order chi connectivity index (χ0) is 16.9. The van der Waals surface area contributed by atoms with Crippen LogP contribution in [0.25, 0.3) is 0 Å². The van der Waals surface area contributed by atoms with Crippen molar-refractivity contribution in [2.24, 2.45) is 4.99 Å². The molecule has 0 atom stereocenters. The Hall–Kier alpha value is -1.55. The summed E-state index contributed by atoms with van der Waals surface area (Å²) in [5, 5.41) is 17.5. The smallest absolute Gasteiger partial charge is 0.191 e. The van der Waals surface area contributed by atoms with Crippen LogP contribution >= 0.6 is 0 Å². The van der Waals surface area contributed by atoms with E-state index < -0.39 is 5.60 Å². The Kier molecular flexibility index (Phi) is 5.44. The maximum atomic E-state index is 10.6. The molecule has 0 saturated heterocycles. The number of aliphatic hydroxyl groups is 1. The molecule has 0 unspecified atom stereocenters. The second kappa shape index (κ2) is 7.56. The van der Waals surface area contributed by atoms with Crippen LogP contribution in [-0.2, 0) is 5.41 Å². The molecule has 2 aliphatic carbocycles. The minimum absolute atomic E-state index is 0.263. The summed E-state index contributed by atoms with van der Waals surface area (Å²) in [5.41, 5.74) is 1.08. The third kappa shape index (κ3) is 4.29. The summed E-state index contributed by atoms with van der Waals surface area (Å²) in [4.78, 5) is 4.68. The number of guanidine groups is 1. The van der Waals surface area contributed by atoms with Gasteiger partial charge in [-0.15, -0.1) is 0 Å². The predicted octanol–water partition coefficient (Wildman–Crippen LogP) is 2.97. The molecule has 0 spiro atoms. The number of benzene rings is 1. The molecule has 2 aliphatic rings. The van der Waals surface area contributed by atoms with Crippen molar-refractivity contribution in [2.45, 2.75) is 62.9 Å². The fourth-order valence-electron chi connectivity index (χ4n) is 3.70. The van der Waals surface area contributed by atoms with Gasteiger partial charge in [-0.05, 0) is 38.2 Å². The maximum absolute atomic E-state index is 10.6. The quantitative estimate of drug-likeness (QED) is 0.555. The van der Waals surface area contributed by atoms with E-state index in [0.29, 0.717) is 6.54 Å². The summed E-state index contributed by atoms with van der Waals surface area (Å²) in [5.74, 6) is 0.832. The van der Waals surface area contributed by atoms with E-state index in [2.05, 4.69) is 52.9 Å². The lowest BCUT2D eigenvalue weighted by Gasteiger charge is -2.30. The second-order valence-corrected chi connectivity index (χ2v) is 7.48. The maximum Gasteiger partial charge on any atom is 0.191 e. The van der Waals surface area contributed by atoms with E-state index in [9.17, 15) is 5.11 Å². The summed E-state index contributed by atoms with van der Waals surface area (Å²) in [6, 6.07) is 10.8. The highest BCUT2D eigenvalue weighted by atomic mass is 16.3. The first-order chi connectivity index (χ1) is 11.7. The van der Waals surface area contributed by atoms with Gasteiger partial charge in [0.2, 0.25) is 0 Å². The summed E-state index contributed by atoms with van der Waals surface area (Å²) >= 11 is 0. The van der Waals surface area contributed by atoms with Crippen molar-refractivity contribution in [1.82, 2.24) is 10.6 Å². The van der Waals surface area contributed by atoms with Crippen LogP contribution in [0.1, 0.15) is 57.4 Å². The zero-order valence-electron chi connectivity index (χ0n) is 14.9. The molecule has 3 rings (SSSR count). The highest BCUT2D eigenvalue weighted by Crippen LogP contribution is 2.47. The summed E-state index contributed by atoms with van der Waals surface area (Å²) in [6.07, 6.45) is 7.69. The van der Waals surface area contributed by atoms with E-state index in [-0.39, 0.29) is 5.41 Å². The van der Waals surface area contributed by atoms with Crippen LogP contribution < -0.4 is 10.6 Å². The van der Waals surface area contributed by atoms with Crippen molar-refractivity contribution in [3.8, 4) is 0 Å². The lowest BCUT2D eigenvalue weighted by Crippen LogP contribution is -2.43. The number of hydrogen-bond acceptors (Lipinski definition) is 2. The van der Waals surface area contributed by atoms with E-state index in [1.165, 1.54) is 24.8 Å². The second-order valence-electron chi connectivity index (χ2n) is 7.48. The van der Waals surface area contributed by atoms with Crippen molar-refractivity contribution >= 4 is 5.96 Å². The van der Waals surface area contributed by atoms with Crippen LogP contribution in [0.5, 0.6) is 0 Å². The van der Waals surface area contributed by atoms with Crippen LogP contribution in [0.3, 0.4) is 0 Å². The molecule has 4 heteroatoms. The minimum Gasteiger partial charge on any atom is -0.388 e. The lowest BCUT2D eigenvalue weighted by molar-refractivity contribution is 0.0131. The van der Waals surface area contributed by atoms with Gasteiger partial charge in [0.25, 0.3) is 0 Å². The largest absolute Gasteiger partial charge is 0.388 e. The highest BCUT2D eigenvalue weighted by molar-refractivity contribution is 5.80. The normalized spacial score (nSPS) is 22.0. The van der Waals surface area contributed by atoms with Gasteiger partial charge in [-0.3, -0.25) is 4.99 Å². The van der Waals surface area contributed by atoms with Crippen molar-refractivity contribution in [3.63, 3.8) is 0 Å². The van der Waals surface area contributed by atoms with Gasteiger partial charge in [0.1, 0.15) is 0 Å². The molecule has 3 N–H and O–H groups in total. The summed E-state index contributed by atoms with van der Waals surface area (Å²) in [7, 11) is 0. The molecule has 0 bridgehead atoms. The molecule has 1 aromatic rings. The Morgan fingerprint density at radius 2 is 1.75 bits per heavy atom. The van der Waals surface area contributed by atoms with Crippen LogP contribution in [0, 0.1) is 0 Å². The van der Waals surface area contributed by atoms with E-state index in [0.717, 1.165) is 44.7 Å². The van der Waals surface area contributed by atoms with Crippen molar-refractivity contribution in [1.29, 1.82) is 0 Å². The average molecular weight is 329 g/mol. The Morgan fingerprint density at radius 1 is 1.04 bits per heavy atom. The molecule has 0 amide bonds. The van der Waals surface area contributed by atoms with Gasteiger partial charge in [0.05, 0.1) is 12.1 Å². The molecule has 24 heavy (non-hydrogen) atoms. The Morgan fingerprint density at radius 3 is 2.38 bits per heavy atom. The molecular formula is C20H31N3O. The molecule has 0 heterocycles. The van der Waals surface area contributed by atoms with Gasteiger partial charge in [-0.1, -0.05) is 49.6 Å². The lowest BCUT2D eigenvalue weighted by atomic mass is 9.85. The first-order valence-corrected chi connectivity index (χ1v) is 9.46. The average Bonchev–Trinajstić information content (AvgIpc) is 3.40. The van der Waals surface area contributed by atoms with E-state index in [4.69, 9.17) is 0 Å². The molecular weight excluding hydrogens is 298 g/mol. The highest BCUT2D eigenvalue weighted by Gasteiger charge is 2.44. The number of nitrogens with one attached hydrogen (secondary N) is 2. The summed E-state index contributed by atoms with van der Waals surface area (Å²) in [6.45, 7) is 4.32. The Balaban J connectivity index is 1.59. The van der Waals surface area contributed by atoms with Crippen molar-refractivity contribution < 1.29 is 5.11 Å². The molecule has 2 saturated carbocycles. The van der Waals surface area contributed by atoms with Crippen LogP contribution in [0.4, 0.5) is 0 Å². The molecule has 4 nitrogen and oxygen atoms in total. The number of nitrogens with zero attached hydrogens (tertiary/aromatic N) is 1. The molecule has 1 aromatic carbocycles. The topological polar surface area (TPSA) is 56.7 Å². The number of aliphatic imine (C=N–C) groups is 1. The van der Waals surface area contributed by atoms with Crippen molar-refractivity contribution in [3.05, 3.63) is 35.9 Å². The van der Waals surface area contributed by atoms with Gasteiger partial charge in [0, 0.05) is 18.5 Å². The predicted molar refractivity (Wildman–Crippen MR) is 99.4 cm³/mol. The number of rotatable bonds is 6. The van der Waals surface area contributed by atoms with E-state index >= 15 is 0 Å². The fourth-order valence-corrected chi connectivity index (χ4v) is 3.70. The number of hydrogen-bond donors (Lipinski definition) is 3. The fraction of sp³-hybridized carbons (Fsp3) is 0.650. The standard InChI is InChI=1S/C20H31N3O/c1-2-21-18(23-16-20(24)11-7-4-8-12-20)22-15-19(13-14-19)17-9-5-3-6-10-17/h3,5-6,9-10,24H,2,4,7-8,11-16H2,1H3,(H2,21,22,23). The first kappa shape index (κ1) is 17.3. The molecule has 2 fully saturated rings. The van der Waals surface area contributed by atoms with Crippen LogP contribution in [-0.4, -0.2) is 36.3 Å². The van der Waals surface area contributed by atoms with Gasteiger partial charge < -0.3 is 15.7 Å². The SMILES string of the molecule is CCNC(=NCC1(O)CCCCC1)NCC1(c2ccccc2)CC1. The van der Waals surface area contributed by atoms with Gasteiger partial charge in [0.15, 0.2) is 5.96 Å². The van der Waals surface area contributed by atoms with Gasteiger partial charge >= 0.3 is 0 Å². The summed E-state index contributed by atoms with van der Waals surface area (Å²) < 4.78 is 0. The van der Waals surface area contributed by atoms with Crippen LogP contribution in [0.2, 0.25) is 0 Å². The Labute approximate surface area is 145 Å². The molecule has 0 aromatic heterocycles. The Bertz CT molecular complexity index is 545. The third-order valence-electron chi connectivity index (χ3n) is 5.49. The molecule has 0 radical (unpaired) electrons. The zero-order valence-corrected chi connectivity index (χ0v) is 14.9. The minimum atomic E-state index is -0.600. The van der Waals surface area contributed by atoms with E-state index in [1.807, 2.05) is 0 Å². The molecule has 132 valence electrons. The monoisotopic (exact) mass is 329 g/mol. The van der Waals surface area contributed by atoms with Crippen LogP contribution in [0.15, 0.2) is 35.3 Å². The first-order valence-electron chi connectivity index (χ1n) is 9.46.